The summed E-state index contributed by atoms with van der Waals surface area (Å²) in [5.41, 5.74) is 1.91. The molecule has 0 saturated carbocycles. The third kappa shape index (κ3) is 3.32. The van der Waals surface area contributed by atoms with Gasteiger partial charge in [0.05, 0.1) is 5.69 Å². The quantitative estimate of drug-likeness (QED) is 0.826. The minimum absolute atomic E-state index is 0.720. The summed E-state index contributed by atoms with van der Waals surface area (Å²) in [5, 5.41) is 8.02. The maximum absolute atomic E-state index is 5.83. The molecule has 1 heterocycles. The topological polar surface area (TPSA) is 38.1 Å². The van der Waals surface area contributed by atoms with Gasteiger partial charge in [-0.15, -0.1) is 0 Å². The molecule has 0 atom stereocenters. The number of halogens is 1. The van der Waals surface area contributed by atoms with Crippen molar-refractivity contribution in [2.24, 2.45) is 0 Å². The predicted molar refractivity (Wildman–Crippen MR) is 68.9 cm³/mol. The third-order valence-electron chi connectivity index (χ3n) is 2.42. The van der Waals surface area contributed by atoms with E-state index in [-0.39, 0.29) is 0 Å². The lowest BCUT2D eigenvalue weighted by Crippen LogP contribution is -2.13. The Morgan fingerprint density at radius 2 is 2.06 bits per heavy atom. The fourth-order valence-electron chi connectivity index (χ4n) is 1.54. The number of nitrogens with one attached hydrogen (secondary N) is 1. The van der Waals surface area contributed by atoms with Crippen LogP contribution in [-0.2, 0) is 6.54 Å². The van der Waals surface area contributed by atoms with E-state index in [1.54, 1.807) is 0 Å². The molecule has 0 bridgehead atoms. The molecule has 3 nitrogen and oxygen atoms in total. The van der Waals surface area contributed by atoms with Crippen molar-refractivity contribution in [1.82, 2.24) is 10.5 Å². The first-order valence-corrected chi connectivity index (χ1v) is 6.09. The van der Waals surface area contributed by atoms with E-state index < -0.39 is 0 Å². The highest BCUT2D eigenvalue weighted by atomic mass is 35.5. The summed E-state index contributed by atoms with van der Waals surface area (Å²) in [4.78, 5) is 0. The van der Waals surface area contributed by atoms with E-state index in [4.69, 9.17) is 16.1 Å². The highest BCUT2D eigenvalue weighted by Crippen LogP contribution is 2.22. The van der Waals surface area contributed by atoms with Gasteiger partial charge in [0, 0.05) is 23.2 Å². The molecule has 0 saturated heterocycles. The van der Waals surface area contributed by atoms with E-state index in [1.807, 2.05) is 30.3 Å². The van der Waals surface area contributed by atoms with Crippen molar-refractivity contribution in [3.63, 3.8) is 0 Å². The molecule has 2 aromatic rings. The SMILES string of the molecule is CCCNCc1cc(-c2ccc(Cl)cc2)on1. The average molecular weight is 251 g/mol. The summed E-state index contributed by atoms with van der Waals surface area (Å²) in [6.07, 6.45) is 1.11. The average Bonchev–Trinajstić information content (AvgIpc) is 2.79. The Morgan fingerprint density at radius 1 is 1.29 bits per heavy atom. The molecule has 0 fully saturated rings. The molecular weight excluding hydrogens is 236 g/mol. The molecule has 0 aliphatic heterocycles. The van der Waals surface area contributed by atoms with Crippen LogP contribution in [0.2, 0.25) is 5.02 Å². The molecule has 4 heteroatoms. The van der Waals surface area contributed by atoms with Crippen LogP contribution >= 0.6 is 11.6 Å². The van der Waals surface area contributed by atoms with Crippen LogP contribution in [0.25, 0.3) is 11.3 Å². The minimum atomic E-state index is 0.720. The molecule has 1 aromatic heterocycles. The molecule has 0 amide bonds. The molecular formula is C13H15ClN2O. The first kappa shape index (κ1) is 12.1. The zero-order chi connectivity index (χ0) is 12.1. The number of rotatable bonds is 5. The van der Waals surface area contributed by atoms with Crippen LogP contribution < -0.4 is 5.32 Å². The normalized spacial score (nSPS) is 10.7. The van der Waals surface area contributed by atoms with Gasteiger partial charge in [0.2, 0.25) is 0 Å². The number of aromatic nitrogens is 1. The standard InChI is InChI=1S/C13H15ClN2O/c1-2-7-15-9-12-8-13(17-16-12)10-3-5-11(14)6-4-10/h3-6,8,15H,2,7,9H2,1H3. The molecule has 1 aromatic carbocycles. The van der Waals surface area contributed by atoms with Crippen molar-refractivity contribution < 1.29 is 4.52 Å². The Morgan fingerprint density at radius 3 is 2.76 bits per heavy atom. The van der Waals surface area contributed by atoms with Crippen molar-refractivity contribution in [2.75, 3.05) is 6.54 Å². The van der Waals surface area contributed by atoms with Crippen molar-refractivity contribution in [3.8, 4) is 11.3 Å². The van der Waals surface area contributed by atoms with Gasteiger partial charge in [-0.1, -0.05) is 23.7 Å². The van der Waals surface area contributed by atoms with Crippen molar-refractivity contribution >= 4 is 11.6 Å². The van der Waals surface area contributed by atoms with Crippen LogP contribution in [0.5, 0.6) is 0 Å². The number of benzene rings is 1. The second kappa shape index (κ2) is 5.84. The summed E-state index contributed by atoms with van der Waals surface area (Å²) >= 11 is 5.83. The summed E-state index contributed by atoms with van der Waals surface area (Å²) in [7, 11) is 0. The Balaban J connectivity index is 2.04. The number of hydrogen-bond donors (Lipinski definition) is 1. The number of nitrogens with zero attached hydrogens (tertiary/aromatic N) is 1. The van der Waals surface area contributed by atoms with E-state index in [9.17, 15) is 0 Å². The van der Waals surface area contributed by atoms with Crippen LogP contribution in [0.1, 0.15) is 19.0 Å². The van der Waals surface area contributed by atoms with E-state index in [0.717, 1.165) is 41.6 Å². The van der Waals surface area contributed by atoms with Crippen molar-refractivity contribution in [3.05, 3.63) is 41.0 Å². The zero-order valence-corrected chi connectivity index (χ0v) is 10.5. The van der Waals surface area contributed by atoms with Gasteiger partial charge >= 0.3 is 0 Å². The second-order valence-corrected chi connectivity index (χ2v) is 4.30. The van der Waals surface area contributed by atoms with Crippen molar-refractivity contribution in [1.29, 1.82) is 0 Å². The molecule has 0 radical (unpaired) electrons. The second-order valence-electron chi connectivity index (χ2n) is 3.87. The lowest BCUT2D eigenvalue weighted by molar-refractivity contribution is 0.420. The van der Waals surface area contributed by atoms with Gasteiger partial charge in [-0.3, -0.25) is 0 Å². The predicted octanol–water partition coefficient (Wildman–Crippen LogP) is 3.49. The van der Waals surface area contributed by atoms with Gasteiger partial charge in [-0.05, 0) is 37.2 Å². The van der Waals surface area contributed by atoms with Gasteiger partial charge < -0.3 is 9.84 Å². The fraction of sp³-hybridized carbons (Fsp3) is 0.308. The van der Waals surface area contributed by atoms with Gasteiger partial charge in [-0.25, -0.2) is 0 Å². The highest BCUT2D eigenvalue weighted by Gasteiger charge is 2.05. The van der Waals surface area contributed by atoms with Crippen LogP contribution in [0.4, 0.5) is 0 Å². The zero-order valence-electron chi connectivity index (χ0n) is 9.74. The van der Waals surface area contributed by atoms with Crippen LogP contribution in [0.15, 0.2) is 34.9 Å². The highest BCUT2D eigenvalue weighted by molar-refractivity contribution is 6.30. The molecule has 17 heavy (non-hydrogen) atoms. The van der Waals surface area contributed by atoms with Gasteiger partial charge in [-0.2, -0.15) is 0 Å². The number of hydrogen-bond acceptors (Lipinski definition) is 3. The van der Waals surface area contributed by atoms with Gasteiger partial charge in [0.15, 0.2) is 5.76 Å². The Labute approximate surface area is 106 Å². The van der Waals surface area contributed by atoms with E-state index >= 15 is 0 Å². The fourth-order valence-corrected chi connectivity index (χ4v) is 1.66. The van der Waals surface area contributed by atoms with Crippen LogP contribution in [0, 0.1) is 0 Å². The largest absolute Gasteiger partial charge is 0.356 e. The minimum Gasteiger partial charge on any atom is -0.356 e. The molecule has 0 unspecified atom stereocenters. The Bertz CT molecular complexity index is 465. The summed E-state index contributed by atoms with van der Waals surface area (Å²) < 4.78 is 5.29. The maximum atomic E-state index is 5.83. The molecule has 90 valence electrons. The Hall–Kier alpha value is -1.32. The summed E-state index contributed by atoms with van der Waals surface area (Å²) in [6, 6.07) is 9.48. The third-order valence-corrected chi connectivity index (χ3v) is 2.67. The van der Waals surface area contributed by atoms with Gasteiger partial charge in [0.25, 0.3) is 0 Å². The molecule has 0 aliphatic carbocycles. The van der Waals surface area contributed by atoms with Crippen LogP contribution in [0.3, 0.4) is 0 Å². The lowest BCUT2D eigenvalue weighted by Gasteiger charge is -1.96. The van der Waals surface area contributed by atoms with E-state index in [0.29, 0.717) is 0 Å². The van der Waals surface area contributed by atoms with Gasteiger partial charge in [0.1, 0.15) is 0 Å². The summed E-state index contributed by atoms with van der Waals surface area (Å²) in [6.45, 7) is 3.86. The first-order chi connectivity index (χ1) is 8.29. The lowest BCUT2D eigenvalue weighted by atomic mass is 10.1. The smallest absolute Gasteiger partial charge is 0.167 e. The first-order valence-electron chi connectivity index (χ1n) is 5.72. The van der Waals surface area contributed by atoms with E-state index in [1.165, 1.54) is 0 Å². The van der Waals surface area contributed by atoms with E-state index in [2.05, 4.69) is 17.4 Å². The molecule has 1 N–H and O–H groups in total. The monoisotopic (exact) mass is 250 g/mol. The Kier molecular flexibility index (Phi) is 4.18. The molecule has 2 rings (SSSR count). The molecule has 0 aliphatic rings. The molecule has 0 spiro atoms. The van der Waals surface area contributed by atoms with Crippen LogP contribution in [-0.4, -0.2) is 11.7 Å². The van der Waals surface area contributed by atoms with Crippen molar-refractivity contribution in [2.45, 2.75) is 19.9 Å². The summed E-state index contributed by atoms with van der Waals surface area (Å²) in [5.74, 6) is 0.773. The maximum Gasteiger partial charge on any atom is 0.167 e.